The number of hydrogen-bond acceptors (Lipinski definition) is 4. The highest BCUT2D eigenvalue weighted by atomic mass is 16.6. The molecule has 1 aliphatic rings. The van der Waals surface area contributed by atoms with E-state index in [1.165, 1.54) is 6.07 Å². The Morgan fingerprint density at radius 1 is 1.65 bits per heavy atom. The van der Waals surface area contributed by atoms with Crippen molar-refractivity contribution in [1.29, 1.82) is 0 Å². The van der Waals surface area contributed by atoms with Crippen molar-refractivity contribution in [3.8, 4) is 0 Å². The van der Waals surface area contributed by atoms with Crippen LogP contribution in [0.5, 0.6) is 0 Å². The quantitative estimate of drug-likeness (QED) is 0.584. The van der Waals surface area contributed by atoms with Crippen LogP contribution in [0.4, 0.5) is 5.88 Å². The van der Waals surface area contributed by atoms with E-state index in [1.807, 2.05) is 6.92 Å². The molecule has 0 aromatic carbocycles. The molecule has 1 aromatic heterocycles. The first-order valence-corrected chi connectivity index (χ1v) is 5.56. The van der Waals surface area contributed by atoms with Crippen molar-refractivity contribution in [1.82, 2.24) is 4.90 Å². The zero-order chi connectivity index (χ0) is 12.6. The van der Waals surface area contributed by atoms with Crippen LogP contribution in [0.25, 0.3) is 0 Å². The number of nitro groups is 1. The number of aryl methyl sites for hydroxylation is 1. The van der Waals surface area contributed by atoms with Gasteiger partial charge in [0.05, 0.1) is 11.6 Å². The lowest BCUT2D eigenvalue weighted by Crippen LogP contribution is -2.33. The van der Waals surface area contributed by atoms with E-state index in [1.54, 1.807) is 11.8 Å². The minimum atomic E-state index is -0.628. The second kappa shape index (κ2) is 4.20. The van der Waals surface area contributed by atoms with E-state index in [4.69, 9.17) is 4.42 Å². The first-order chi connectivity index (χ1) is 8.00. The summed E-state index contributed by atoms with van der Waals surface area (Å²) in [7, 11) is 0. The van der Waals surface area contributed by atoms with Crippen LogP contribution >= 0.6 is 0 Å². The summed E-state index contributed by atoms with van der Waals surface area (Å²) in [6.07, 6.45) is 1.95. The summed E-state index contributed by atoms with van der Waals surface area (Å²) in [4.78, 5) is 23.8. The van der Waals surface area contributed by atoms with Gasteiger partial charge in [-0.15, -0.1) is 0 Å². The van der Waals surface area contributed by atoms with E-state index in [-0.39, 0.29) is 17.8 Å². The maximum atomic E-state index is 12.2. The molecule has 0 aliphatic carbocycles. The summed E-state index contributed by atoms with van der Waals surface area (Å²) < 4.78 is 4.95. The molecule has 0 spiro atoms. The standard InChI is InChI=1S/C11H14N2O4/c1-7-4-3-5-12(7)11(14)9-6-10(13(15)16)17-8(9)2/h6-7H,3-5H2,1-2H3. The Morgan fingerprint density at radius 3 is 2.82 bits per heavy atom. The molecule has 0 radical (unpaired) electrons. The molecule has 6 heteroatoms. The molecule has 1 aliphatic heterocycles. The highest BCUT2D eigenvalue weighted by Crippen LogP contribution is 2.25. The second-order valence-electron chi connectivity index (χ2n) is 4.30. The van der Waals surface area contributed by atoms with Gasteiger partial charge in [0.1, 0.15) is 10.7 Å². The molecule has 0 saturated carbocycles. The van der Waals surface area contributed by atoms with E-state index in [0.717, 1.165) is 12.8 Å². The molecule has 1 amide bonds. The van der Waals surface area contributed by atoms with Crippen molar-refractivity contribution in [2.24, 2.45) is 0 Å². The normalized spacial score (nSPS) is 19.6. The maximum absolute atomic E-state index is 12.2. The largest absolute Gasteiger partial charge is 0.434 e. The number of furan rings is 1. The van der Waals surface area contributed by atoms with Crippen molar-refractivity contribution in [3.63, 3.8) is 0 Å². The van der Waals surface area contributed by atoms with Gasteiger partial charge in [0, 0.05) is 12.6 Å². The number of amides is 1. The van der Waals surface area contributed by atoms with Crippen molar-refractivity contribution in [3.05, 3.63) is 27.5 Å². The van der Waals surface area contributed by atoms with Gasteiger partial charge in [-0.25, -0.2) is 0 Å². The first-order valence-electron chi connectivity index (χ1n) is 5.56. The molecular formula is C11H14N2O4. The van der Waals surface area contributed by atoms with Crippen LogP contribution < -0.4 is 0 Å². The third kappa shape index (κ3) is 2.02. The average molecular weight is 238 g/mol. The third-order valence-electron chi connectivity index (χ3n) is 3.13. The van der Waals surface area contributed by atoms with Crippen molar-refractivity contribution in [2.75, 3.05) is 6.54 Å². The fourth-order valence-electron chi connectivity index (χ4n) is 2.16. The molecule has 17 heavy (non-hydrogen) atoms. The van der Waals surface area contributed by atoms with Crippen LogP contribution in [0, 0.1) is 17.0 Å². The van der Waals surface area contributed by atoms with E-state index in [0.29, 0.717) is 17.9 Å². The summed E-state index contributed by atoms with van der Waals surface area (Å²) in [6, 6.07) is 1.40. The Balaban J connectivity index is 2.27. The zero-order valence-electron chi connectivity index (χ0n) is 9.80. The molecule has 1 unspecified atom stereocenters. The predicted molar refractivity (Wildman–Crippen MR) is 59.8 cm³/mol. The number of carbonyl (C=O) groups excluding carboxylic acids is 1. The molecule has 0 bridgehead atoms. The first kappa shape index (κ1) is 11.6. The maximum Gasteiger partial charge on any atom is 0.434 e. The highest BCUT2D eigenvalue weighted by Gasteiger charge is 2.30. The number of hydrogen-bond donors (Lipinski definition) is 0. The van der Waals surface area contributed by atoms with Crippen molar-refractivity contribution < 1.29 is 14.1 Å². The number of rotatable bonds is 2. The number of likely N-dealkylation sites (tertiary alicyclic amines) is 1. The van der Waals surface area contributed by atoms with Gasteiger partial charge in [-0.1, -0.05) is 0 Å². The van der Waals surface area contributed by atoms with E-state index in [9.17, 15) is 14.9 Å². The van der Waals surface area contributed by atoms with Crippen LogP contribution in [-0.4, -0.2) is 28.3 Å². The molecule has 6 nitrogen and oxygen atoms in total. The van der Waals surface area contributed by atoms with Gasteiger partial charge in [0.25, 0.3) is 5.91 Å². The smallest absolute Gasteiger partial charge is 0.405 e. The Morgan fingerprint density at radius 2 is 2.35 bits per heavy atom. The minimum absolute atomic E-state index is 0.177. The molecule has 1 atom stereocenters. The van der Waals surface area contributed by atoms with Gasteiger partial charge in [0.15, 0.2) is 0 Å². The molecule has 1 fully saturated rings. The lowest BCUT2D eigenvalue weighted by atomic mass is 10.2. The summed E-state index contributed by atoms with van der Waals surface area (Å²) in [5, 5.41) is 10.6. The number of carbonyl (C=O) groups is 1. The topological polar surface area (TPSA) is 76.6 Å². The van der Waals surface area contributed by atoms with Gasteiger partial charge in [-0.2, -0.15) is 0 Å². The Hall–Kier alpha value is -1.85. The Labute approximate surface area is 98.3 Å². The van der Waals surface area contributed by atoms with E-state index < -0.39 is 4.92 Å². The molecule has 1 aromatic rings. The van der Waals surface area contributed by atoms with Gasteiger partial charge in [-0.3, -0.25) is 14.9 Å². The Bertz CT molecular complexity index is 466. The van der Waals surface area contributed by atoms with Crippen molar-refractivity contribution >= 4 is 11.8 Å². The molecule has 92 valence electrons. The minimum Gasteiger partial charge on any atom is -0.405 e. The fourth-order valence-corrected chi connectivity index (χ4v) is 2.16. The van der Waals surface area contributed by atoms with Crippen LogP contribution in [0.1, 0.15) is 35.9 Å². The van der Waals surface area contributed by atoms with Crippen LogP contribution in [0.15, 0.2) is 10.5 Å². The van der Waals surface area contributed by atoms with Crippen LogP contribution in [0.2, 0.25) is 0 Å². The fraction of sp³-hybridized carbons (Fsp3) is 0.545. The highest BCUT2D eigenvalue weighted by molar-refractivity contribution is 5.96. The van der Waals surface area contributed by atoms with Crippen LogP contribution in [-0.2, 0) is 0 Å². The van der Waals surface area contributed by atoms with Gasteiger partial charge in [0.2, 0.25) is 0 Å². The molecule has 1 saturated heterocycles. The van der Waals surface area contributed by atoms with Crippen LogP contribution in [0.3, 0.4) is 0 Å². The number of nitrogens with zero attached hydrogens (tertiary/aromatic N) is 2. The van der Waals surface area contributed by atoms with Gasteiger partial charge < -0.3 is 9.32 Å². The van der Waals surface area contributed by atoms with E-state index >= 15 is 0 Å². The zero-order valence-corrected chi connectivity index (χ0v) is 9.80. The summed E-state index contributed by atoms with van der Waals surface area (Å²) in [6.45, 7) is 4.26. The van der Waals surface area contributed by atoms with E-state index in [2.05, 4.69) is 0 Å². The van der Waals surface area contributed by atoms with Gasteiger partial charge >= 0.3 is 5.88 Å². The monoisotopic (exact) mass is 238 g/mol. The predicted octanol–water partition coefficient (Wildman–Crippen LogP) is 2.12. The Kier molecular flexibility index (Phi) is 2.87. The summed E-state index contributed by atoms with van der Waals surface area (Å²) in [5.74, 6) is -0.247. The summed E-state index contributed by atoms with van der Waals surface area (Å²) >= 11 is 0. The third-order valence-corrected chi connectivity index (χ3v) is 3.13. The summed E-state index contributed by atoms with van der Waals surface area (Å²) in [5.41, 5.74) is 0.297. The molecule has 2 rings (SSSR count). The SMILES string of the molecule is Cc1oc([N+](=O)[O-])cc1C(=O)N1CCCC1C. The molecular weight excluding hydrogens is 224 g/mol. The lowest BCUT2D eigenvalue weighted by Gasteiger charge is -2.20. The molecule has 0 N–H and O–H groups in total. The van der Waals surface area contributed by atoms with Gasteiger partial charge in [-0.05, 0) is 26.7 Å². The average Bonchev–Trinajstić information content (AvgIpc) is 2.83. The lowest BCUT2D eigenvalue weighted by molar-refractivity contribution is -0.402. The molecule has 2 heterocycles. The van der Waals surface area contributed by atoms with Crippen molar-refractivity contribution in [2.45, 2.75) is 32.7 Å². The second-order valence-corrected chi connectivity index (χ2v) is 4.30.